The molecule has 0 aliphatic carbocycles. The smallest absolute Gasteiger partial charge is 0.212 e. The minimum Gasteiger partial charge on any atom is -0.481 e. The number of nitrogens with zero attached hydrogens (tertiary/aromatic N) is 10. The number of nitriles is 1. The fourth-order valence-electron chi connectivity index (χ4n) is 5.96. The minimum atomic E-state index is 0.474. The van der Waals surface area contributed by atoms with Crippen molar-refractivity contribution in [3.05, 3.63) is 72.6 Å². The van der Waals surface area contributed by atoms with Crippen LogP contribution >= 0.6 is 0 Å². The molecule has 0 aromatic carbocycles. The van der Waals surface area contributed by atoms with Gasteiger partial charge in [0.05, 0.1) is 37.1 Å². The first-order valence-electron chi connectivity index (χ1n) is 15.0. The van der Waals surface area contributed by atoms with Crippen molar-refractivity contribution in [3.8, 4) is 34.5 Å². The van der Waals surface area contributed by atoms with Crippen LogP contribution in [0.15, 0.2) is 61.4 Å². The normalized spacial score (nSPS) is 16.3. The second-order valence-electron chi connectivity index (χ2n) is 11.3. The maximum atomic E-state index is 9.80. The van der Waals surface area contributed by atoms with Crippen LogP contribution in [-0.4, -0.2) is 85.7 Å². The van der Waals surface area contributed by atoms with Crippen LogP contribution in [-0.2, 0) is 17.8 Å². The number of hydrogen-bond acceptors (Lipinski definition) is 10. The summed E-state index contributed by atoms with van der Waals surface area (Å²) in [5.74, 6) is 2.12. The van der Waals surface area contributed by atoms with Crippen LogP contribution in [0.5, 0.6) is 5.88 Å². The first kappa shape index (κ1) is 27.9. The molecule has 7 rings (SSSR count). The van der Waals surface area contributed by atoms with Crippen LogP contribution in [0.4, 0.5) is 5.82 Å². The topological polar surface area (TPSA) is 123 Å². The highest BCUT2D eigenvalue weighted by Gasteiger charge is 2.21. The number of rotatable bonds is 8. The van der Waals surface area contributed by atoms with E-state index in [1.807, 2.05) is 53.9 Å². The Morgan fingerprint density at radius 2 is 1.80 bits per heavy atom. The van der Waals surface area contributed by atoms with Gasteiger partial charge in [0.1, 0.15) is 23.0 Å². The number of fused-ring (bicyclic) bond motifs is 1. The lowest BCUT2D eigenvalue weighted by atomic mass is 10.0. The molecule has 12 nitrogen and oxygen atoms in total. The summed E-state index contributed by atoms with van der Waals surface area (Å²) in [6.07, 6.45) is 13.2. The van der Waals surface area contributed by atoms with Crippen LogP contribution in [0.25, 0.3) is 28.0 Å². The highest BCUT2D eigenvalue weighted by molar-refractivity contribution is 5.83. The number of aromatic nitrogens is 7. The summed E-state index contributed by atoms with van der Waals surface area (Å²) in [5.41, 5.74) is 5.46. The summed E-state index contributed by atoms with van der Waals surface area (Å²) in [6.45, 7) is 6.97. The lowest BCUT2D eigenvalue weighted by Crippen LogP contribution is -2.46. The molecule has 0 N–H and O–H groups in total. The highest BCUT2D eigenvalue weighted by atomic mass is 16.5. The number of pyridine rings is 2. The Bertz CT molecular complexity index is 1760. The predicted molar refractivity (Wildman–Crippen MR) is 164 cm³/mol. The molecule has 2 fully saturated rings. The van der Waals surface area contributed by atoms with E-state index < -0.39 is 0 Å². The van der Waals surface area contributed by atoms with E-state index in [0.29, 0.717) is 28.6 Å². The van der Waals surface area contributed by atoms with Gasteiger partial charge in [0.2, 0.25) is 5.88 Å². The molecule has 2 aliphatic heterocycles. The van der Waals surface area contributed by atoms with E-state index in [2.05, 4.69) is 37.1 Å². The Kier molecular flexibility index (Phi) is 7.87. The molecule has 0 atom stereocenters. The summed E-state index contributed by atoms with van der Waals surface area (Å²) in [5, 5.41) is 18.9. The number of anilines is 1. The highest BCUT2D eigenvalue weighted by Crippen LogP contribution is 2.30. The zero-order valence-corrected chi connectivity index (χ0v) is 24.7. The van der Waals surface area contributed by atoms with Crippen molar-refractivity contribution in [2.24, 2.45) is 5.92 Å². The molecular formula is C32H34N10O2. The maximum absolute atomic E-state index is 9.80. The zero-order chi connectivity index (χ0) is 29.9. The monoisotopic (exact) mass is 590 g/mol. The molecule has 0 amide bonds. The molecule has 0 unspecified atom stereocenters. The largest absolute Gasteiger partial charge is 0.481 e. The van der Waals surface area contributed by atoms with Crippen molar-refractivity contribution >= 4 is 11.3 Å². The fraction of sp³-hybridized carbons (Fsp3) is 0.375. The zero-order valence-electron chi connectivity index (χ0n) is 24.7. The first-order chi connectivity index (χ1) is 21.7. The number of ether oxygens (including phenoxy) is 2. The molecule has 5 aromatic rings. The van der Waals surface area contributed by atoms with Crippen LogP contribution < -0.4 is 9.64 Å². The van der Waals surface area contributed by atoms with Crippen molar-refractivity contribution in [1.82, 2.24) is 39.2 Å². The quantitative estimate of drug-likeness (QED) is 0.264. The SMILES string of the molecule is COc1ccc(CN2CCN(c3ccc(-c4nc(-c5cnn(CC6CCOCC6)c5)cn5ncc(C#N)c45)cn3)CC2)cn1. The third-order valence-electron chi connectivity index (χ3n) is 8.46. The molecule has 5 aromatic heterocycles. The summed E-state index contributed by atoms with van der Waals surface area (Å²) < 4.78 is 14.4. The van der Waals surface area contributed by atoms with Crippen LogP contribution in [0.2, 0.25) is 0 Å². The van der Waals surface area contributed by atoms with Crippen LogP contribution in [0.1, 0.15) is 24.0 Å². The Balaban J connectivity index is 1.08. The Morgan fingerprint density at radius 1 is 0.932 bits per heavy atom. The molecule has 0 saturated carbocycles. The molecule has 2 saturated heterocycles. The van der Waals surface area contributed by atoms with E-state index in [1.165, 1.54) is 5.56 Å². The fourth-order valence-corrected chi connectivity index (χ4v) is 5.96. The molecule has 12 heteroatoms. The molecule has 44 heavy (non-hydrogen) atoms. The maximum Gasteiger partial charge on any atom is 0.212 e. The van der Waals surface area contributed by atoms with Crippen molar-refractivity contribution in [3.63, 3.8) is 0 Å². The summed E-state index contributed by atoms with van der Waals surface area (Å²) in [6, 6.07) is 10.3. The van der Waals surface area contributed by atoms with Gasteiger partial charge in [-0.1, -0.05) is 6.07 Å². The van der Waals surface area contributed by atoms with Crippen LogP contribution in [0, 0.1) is 17.2 Å². The van der Waals surface area contributed by atoms with Crippen molar-refractivity contribution in [1.29, 1.82) is 5.26 Å². The van der Waals surface area contributed by atoms with Gasteiger partial charge in [0, 0.05) is 88.3 Å². The third-order valence-corrected chi connectivity index (χ3v) is 8.46. The summed E-state index contributed by atoms with van der Waals surface area (Å²) in [7, 11) is 1.63. The van der Waals surface area contributed by atoms with E-state index in [9.17, 15) is 5.26 Å². The standard InChI is InChI=1S/C32H34N10O2/c1-43-30-5-2-24(15-35-30)19-39-8-10-40(11-9-39)29-4-3-25(16-34-29)31-32-26(14-33)17-37-42(32)22-28(38-31)27-18-36-41(21-27)20-23-6-12-44-13-7-23/h2-5,15-18,21-23H,6-13,19-20H2,1H3. The second-order valence-corrected chi connectivity index (χ2v) is 11.3. The molecule has 0 bridgehead atoms. The molecule has 0 radical (unpaired) electrons. The average molecular weight is 591 g/mol. The van der Waals surface area contributed by atoms with Crippen LogP contribution in [0.3, 0.4) is 0 Å². The van der Waals surface area contributed by atoms with Gasteiger partial charge in [0.25, 0.3) is 0 Å². The van der Waals surface area contributed by atoms with E-state index in [4.69, 9.17) is 19.4 Å². The van der Waals surface area contributed by atoms with E-state index in [0.717, 1.165) is 88.0 Å². The number of piperazine rings is 1. The van der Waals surface area contributed by atoms with Gasteiger partial charge in [-0.25, -0.2) is 19.5 Å². The predicted octanol–water partition coefficient (Wildman–Crippen LogP) is 3.68. The molecule has 224 valence electrons. The van der Waals surface area contributed by atoms with E-state index in [-0.39, 0.29) is 0 Å². The van der Waals surface area contributed by atoms with E-state index in [1.54, 1.807) is 17.8 Å². The minimum absolute atomic E-state index is 0.474. The summed E-state index contributed by atoms with van der Waals surface area (Å²) >= 11 is 0. The van der Waals surface area contributed by atoms with Gasteiger partial charge in [0.15, 0.2) is 0 Å². The molecule has 2 aliphatic rings. The van der Waals surface area contributed by atoms with Gasteiger partial charge in [-0.05, 0) is 36.5 Å². The lowest BCUT2D eigenvalue weighted by Gasteiger charge is -2.35. The van der Waals surface area contributed by atoms with Gasteiger partial charge >= 0.3 is 0 Å². The van der Waals surface area contributed by atoms with Crippen molar-refractivity contribution < 1.29 is 9.47 Å². The Hall–Kier alpha value is -4.86. The van der Waals surface area contributed by atoms with Crippen molar-refractivity contribution in [2.75, 3.05) is 51.4 Å². The molecular weight excluding hydrogens is 556 g/mol. The lowest BCUT2D eigenvalue weighted by molar-refractivity contribution is 0.0601. The average Bonchev–Trinajstić information content (AvgIpc) is 3.73. The summed E-state index contributed by atoms with van der Waals surface area (Å²) in [4.78, 5) is 18.9. The van der Waals surface area contributed by atoms with Crippen molar-refractivity contribution in [2.45, 2.75) is 25.9 Å². The Labute approximate surface area is 255 Å². The number of methoxy groups -OCH3 is 1. The van der Waals surface area contributed by atoms with Gasteiger partial charge in [-0.2, -0.15) is 15.5 Å². The number of hydrogen-bond donors (Lipinski definition) is 0. The van der Waals surface area contributed by atoms with Gasteiger partial charge in [-0.3, -0.25) is 9.58 Å². The molecule has 0 spiro atoms. The third kappa shape index (κ3) is 5.84. The van der Waals surface area contributed by atoms with Gasteiger partial charge in [-0.15, -0.1) is 0 Å². The molecule has 7 heterocycles. The first-order valence-corrected chi connectivity index (χ1v) is 15.0. The Morgan fingerprint density at radius 3 is 2.52 bits per heavy atom. The second kappa shape index (κ2) is 12.4. The van der Waals surface area contributed by atoms with Gasteiger partial charge < -0.3 is 14.4 Å². The van der Waals surface area contributed by atoms with E-state index >= 15 is 0 Å².